The van der Waals surface area contributed by atoms with Crippen LogP contribution >= 0.6 is 11.9 Å². The highest BCUT2D eigenvalue weighted by Crippen LogP contribution is 2.25. The minimum atomic E-state index is -0.391. The minimum absolute atomic E-state index is 0.391. The van der Waals surface area contributed by atoms with Gasteiger partial charge in [-0.2, -0.15) is 0 Å². The Hall–Kier alpha value is -1.42. The highest BCUT2D eigenvalue weighted by molar-refractivity contribution is 7.97. The van der Waals surface area contributed by atoms with Gasteiger partial charge in [0.15, 0.2) is 0 Å². The second-order valence-electron chi connectivity index (χ2n) is 2.67. The topological polar surface area (TPSA) is 55.1 Å². The normalized spacial score (nSPS) is 13.2. The van der Waals surface area contributed by atoms with Gasteiger partial charge in [-0.25, -0.2) is 0 Å². The molecule has 0 saturated carbocycles. The van der Waals surface area contributed by atoms with Gasteiger partial charge in [0, 0.05) is 16.7 Å². The predicted molar refractivity (Wildman–Crippen MR) is 53.0 cm³/mol. The van der Waals surface area contributed by atoms with E-state index in [4.69, 9.17) is 5.73 Å². The van der Waals surface area contributed by atoms with Crippen molar-refractivity contribution in [3.05, 3.63) is 35.5 Å². The molecule has 1 heterocycles. The number of primary amides is 1. The summed E-state index contributed by atoms with van der Waals surface area (Å²) in [6.45, 7) is 0. The first-order valence-corrected chi connectivity index (χ1v) is 4.62. The van der Waals surface area contributed by atoms with Crippen molar-refractivity contribution in [2.24, 2.45) is 5.73 Å². The molecule has 0 saturated heterocycles. The van der Waals surface area contributed by atoms with Gasteiger partial charge in [-0.1, -0.05) is 6.07 Å². The van der Waals surface area contributed by atoms with Crippen LogP contribution in [0.5, 0.6) is 0 Å². The summed E-state index contributed by atoms with van der Waals surface area (Å²) in [6.07, 6.45) is 3.81. The number of hydrogen-bond donors (Lipinski definition) is 2. The molecule has 0 radical (unpaired) electrons. The van der Waals surface area contributed by atoms with Crippen molar-refractivity contribution in [2.75, 3.05) is 0 Å². The SMILES string of the molecule is NC(=O)c1ccc2c(c1)SNC=C2. The molecule has 13 heavy (non-hydrogen) atoms. The molecule has 1 aromatic rings. The zero-order valence-corrected chi connectivity index (χ0v) is 7.60. The van der Waals surface area contributed by atoms with Crippen molar-refractivity contribution in [1.82, 2.24) is 4.72 Å². The number of carbonyl (C=O) groups excluding carboxylic acids is 1. The number of nitrogens with two attached hydrogens (primary N) is 1. The van der Waals surface area contributed by atoms with Crippen LogP contribution in [0.25, 0.3) is 6.08 Å². The summed E-state index contributed by atoms with van der Waals surface area (Å²) < 4.78 is 2.99. The quantitative estimate of drug-likeness (QED) is 0.661. The van der Waals surface area contributed by atoms with Crippen LogP contribution in [0, 0.1) is 0 Å². The highest BCUT2D eigenvalue weighted by Gasteiger charge is 2.07. The first kappa shape index (κ1) is 8.19. The third kappa shape index (κ3) is 1.53. The molecule has 0 spiro atoms. The molecule has 0 unspecified atom stereocenters. The van der Waals surface area contributed by atoms with Crippen molar-refractivity contribution in [2.45, 2.75) is 4.90 Å². The molecular formula is C9H8N2OS. The fourth-order valence-electron chi connectivity index (χ4n) is 1.14. The summed E-state index contributed by atoms with van der Waals surface area (Å²) in [5.41, 5.74) is 6.81. The van der Waals surface area contributed by atoms with Gasteiger partial charge >= 0.3 is 0 Å². The second-order valence-corrected chi connectivity index (χ2v) is 3.55. The molecule has 1 aliphatic rings. The van der Waals surface area contributed by atoms with E-state index in [1.807, 2.05) is 18.3 Å². The fraction of sp³-hybridized carbons (Fsp3) is 0. The van der Waals surface area contributed by atoms with Gasteiger partial charge in [-0.05, 0) is 35.7 Å². The van der Waals surface area contributed by atoms with E-state index >= 15 is 0 Å². The van der Waals surface area contributed by atoms with Crippen LogP contribution in [0.15, 0.2) is 29.3 Å². The molecule has 2 rings (SSSR count). The average Bonchev–Trinajstić information content (AvgIpc) is 2.17. The van der Waals surface area contributed by atoms with Crippen molar-refractivity contribution in [3.63, 3.8) is 0 Å². The van der Waals surface area contributed by atoms with E-state index in [9.17, 15) is 4.79 Å². The molecule has 3 N–H and O–H groups in total. The Kier molecular flexibility index (Phi) is 1.98. The molecule has 0 aromatic heterocycles. The fourth-order valence-corrected chi connectivity index (χ4v) is 1.84. The predicted octanol–water partition coefficient (Wildman–Crippen LogP) is 1.37. The number of hydrogen-bond acceptors (Lipinski definition) is 3. The largest absolute Gasteiger partial charge is 0.366 e. The molecule has 1 amide bonds. The Morgan fingerprint density at radius 2 is 2.31 bits per heavy atom. The van der Waals surface area contributed by atoms with Crippen LogP contribution in [0.2, 0.25) is 0 Å². The molecule has 3 nitrogen and oxygen atoms in total. The molecule has 0 fully saturated rings. The van der Waals surface area contributed by atoms with Crippen LogP contribution in [-0.2, 0) is 0 Å². The molecule has 1 aliphatic heterocycles. The molecule has 0 atom stereocenters. The smallest absolute Gasteiger partial charge is 0.248 e. The zero-order chi connectivity index (χ0) is 9.26. The third-order valence-electron chi connectivity index (χ3n) is 1.80. The number of nitrogens with one attached hydrogen (secondary N) is 1. The summed E-state index contributed by atoms with van der Waals surface area (Å²) in [7, 11) is 0. The van der Waals surface area contributed by atoms with Crippen LogP contribution in [0.1, 0.15) is 15.9 Å². The number of carbonyl (C=O) groups is 1. The van der Waals surface area contributed by atoms with Gasteiger partial charge in [0.05, 0.1) is 0 Å². The first-order valence-electron chi connectivity index (χ1n) is 3.80. The van der Waals surface area contributed by atoms with Gasteiger partial charge in [0.1, 0.15) is 0 Å². The lowest BCUT2D eigenvalue weighted by molar-refractivity contribution is 0.1000. The first-order chi connectivity index (χ1) is 6.27. The van der Waals surface area contributed by atoms with Crippen molar-refractivity contribution < 1.29 is 4.79 Å². The number of amides is 1. The number of fused-ring (bicyclic) bond motifs is 1. The van der Waals surface area contributed by atoms with E-state index in [0.29, 0.717) is 5.56 Å². The minimum Gasteiger partial charge on any atom is -0.366 e. The van der Waals surface area contributed by atoms with Crippen LogP contribution < -0.4 is 10.5 Å². The summed E-state index contributed by atoms with van der Waals surface area (Å²) in [6, 6.07) is 5.41. The molecule has 66 valence electrons. The Balaban J connectivity index is 2.48. The maximum Gasteiger partial charge on any atom is 0.248 e. The monoisotopic (exact) mass is 192 g/mol. The number of benzene rings is 1. The third-order valence-corrected chi connectivity index (χ3v) is 2.63. The van der Waals surface area contributed by atoms with E-state index in [2.05, 4.69) is 4.72 Å². The summed E-state index contributed by atoms with van der Waals surface area (Å²) in [5, 5.41) is 0. The molecule has 0 aliphatic carbocycles. The maximum atomic E-state index is 10.9. The van der Waals surface area contributed by atoms with Crippen molar-refractivity contribution in [3.8, 4) is 0 Å². The van der Waals surface area contributed by atoms with Gasteiger partial charge in [0.25, 0.3) is 0 Å². The Labute approximate surface area is 80.1 Å². The van der Waals surface area contributed by atoms with E-state index < -0.39 is 5.91 Å². The molecular weight excluding hydrogens is 184 g/mol. The summed E-state index contributed by atoms with van der Waals surface area (Å²) in [5.74, 6) is -0.391. The standard InChI is InChI=1S/C9H8N2OS/c10-9(12)7-2-1-6-3-4-11-13-8(6)5-7/h1-5,11H,(H2,10,12). The molecule has 1 aromatic carbocycles. The maximum absolute atomic E-state index is 10.9. The molecule has 4 heteroatoms. The molecule has 0 bridgehead atoms. The van der Waals surface area contributed by atoms with E-state index in [-0.39, 0.29) is 0 Å². The van der Waals surface area contributed by atoms with E-state index in [0.717, 1.165) is 10.5 Å². The Morgan fingerprint density at radius 3 is 3.08 bits per heavy atom. The van der Waals surface area contributed by atoms with Crippen LogP contribution in [0.3, 0.4) is 0 Å². The van der Waals surface area contributed by atoms with Gasteiger partial charge in [0.2, 0.25) is 5.91 Å². The summed E-state index contributed by atoms with van der Waals surface area (Å²) in [4.78, 5) is 11.9. The second kappa shape index (κ2) is 3.14. The van der Waals surface area contributed by atoms with Crippen molar-refractivity contribution in [1.29, 1.82) is 0 Å². The van der Waals surface area contributed by atoms with Gasteiger partial charge in [-0.15, -0.1) is 0 Å². The summed E-state index contributed by atoms with van der Waals surface area (Å²) >= 11 is 1.48. The van der Waals surface area contributed by atoms with E-state index in [1.54, 1.807) is 12.1 Å². The zero-order valence-electron chi connectivity index (χ0n) is 6.78. The van der Waals surface area contributed by atoms with Crippen LogP contribution in [-0.4, -0.2) is 5.91 Å². The lowest BCUT2D eigenvalue weighted by atomic mass is 10.1. The number of rotatable bonds is 1. The highest BCUT2D eigenvalue weighted by atomic mass is 32.2. The van der Waals surface area contributed by atoms with Gasteiger partial charge < -0.3 is 10.5 Å². The lowest BCUT2D eigenvalue weighted by Gasteiger charge is -2.10. The Bertz CT molecular complexity index is 387. The van der Waals surface area contributed by atoms with Crippen molar-refractivity contribution >= 4 is 23.9 Å². The van der Waals surface area contributed by atoms with Gasteiger partial charge in [-0.3, -0.25) is 4.79 Å². The van der Waals surface area contributed by atoms with Crippen LogP contribution in [0.4, 0.5) is 0 Å². The average molecular weight is 192 g/mol. The Morgan fingerprint density at radius 1 is 1.46 bits per heavy atom. The van der Waals surface area contributed by atoms with E-state index in [1.165, 1.54) is 11.9 Å². The lowest BCUT2D eigenvalue weighted by Crippen LogP contribution is -2.11.